The number of hydrogen-bond donors (Lipinski definition) is 6. The molecule has 2 amide bonds. The molecule has 0 spiro atoms. The van der Waals surface area contributed by atoms with Crippen LogP contribution in [0.25, 0.3) is 20.9 Å². The summed E-state index contributed by atoms with van der Waals surface area (Å²) in [6.45, 7) is 18.7. The van der Waals surface area contributed by atoms with E-state index in [1.807, 2.05) is 93.5 Å². The number of rotatable bonds is 34. The lowest BCUT2D eigenvalue weighted by Crippen LogP contribution is -2.39. The van der Waals surface area contributed by atoms with Crippen molar-refractivity contribution in [3.63, 3.8) is 0 Å². The fourth-order valence-corrected chi connectivity index (χ4v) is 8.70. The van der Waals surface area contributed by atoms with Gasteiger partial charge in [-0.2, -0.15) is 0 Å². The van der Waals surface area contributed by atoms with Crippen LogP contribution in [-0.4, -0.2) is 148 Å². The number of anilines is 2. The Morgan fingerprint density at radius 2 is 0.974 bits per heavy atom. The lowest BCUT2D eigenvalue weighted by molar-refractivity contribution is -0.128. The van der Waals surface area contributed by atoms with Crippen molar-refractivity contribution >= 4 is 23.6 Å². The summed E-state index contributed by atoms with van der Waals surface area (Å²) in [6.07, 6.45) is 0.0565. The van der Waals surface area contributed by atoms with E-state index in [4.69, 9.17) is 39.5 Å². The highest BCUT2D eigenvalue weighted by atomic mass is 16.6. The number of carbonyl (C=O) groups is 2. The van der Waals surface area contributed by atoms with Crippen molar-refractivity contribution in [3.05, 3.63) is 104 Å². The molecule has 0 saturated carbocycles. The fourth-order valence-electron chi connectivity index (χ4n) is 8.70. The summed E-state index contributed by atoms with van der Waals surface area (Å²) >= 11 is 0. The van der Waals surface area contributed by atoms with E-state index >= 15 is 0 Å². The van der Waals surface area contributed by atoms with E-state index in [-0.39, 0.29) is 71.2 Å². The van der Waals surface area contributed by atoms with Gasteiger partial charge in [-0.15, -0.1) is 10.2 Å². The minimum absolute atomic E-state index is 0.0150. The molecule has 0 bridgehead atoms. The van der Waals surface area contributed by atoms with Crippen LogP contribution in [-0.2, 0) is 61.1 Å². The van der Waals surface area contributed by atoms with Crippen LogP contribution in [0.15, 0.2) is 71.2 Å². The van der Waals surface area contributed by atoms with Crippen LogP contribution in [0.3, 0.4) is 0 Å². The molecular weight excluding hydrogens is 1000 g/mol. The highest BCUT2D eigenvalue weighted by Gasteiger charge is 2.32. The van der Waals surface area contributed by atoms with Crippen LogP contribution in [0.2, 0.25) is 0 Å². The minimum atomic E-state index is -0.906. The SMILES string of the molecule is CC(CC(C)(C)OCC(O)Cn1cc(COC(=O)Nc2ccc(Cc3ccc(NC(=O)OCc4cn(CC(O)CC(C)(C)OC(C)CC(C)(C)OCC(O)CN=[N+]=[N-])nn4)cc3)cc2)nn1)OC(C)(C)CC(O)CN=[N+]=[N-]. The van der Waals surface area contributed by atoms with Crippen molar-refractivity contribution < 1.29 is 58.4 Å². The van der Waals surface area contributed by atoms with Crippen molar-refractivity contribution in [3.8, 4) is 0 Å². The highest BCUT2D eigenvalue weighted by Crippen LogP contribution is 2.28. The van der Waals surface area contributed by atoms with E-state index < -0.39 is 59.0 Å². The van der Waals surface area contributed by atoms with Crippen LogP contribution < -0.4 is 10.6 Å². The van der Waals surface area contributed by atoms with E-state index in [1.165, 1.54) is 9.36 Å². The van der Waals surface area contributed by atoms with Gasteiger partial charge in [0.25, 0.3) is 0 Å². The third kappa shape index (κ3) is 25.5. The second-order valence-electron chi connectivity index (χ2n) is 21.6. The number of amides is 2. The monoisotopic (exact) mass is 1080 g/mol. The summed E-state index contributed by atoms with van der Waals surface area (Å²) in [5.74, 6) is 0. The van der Waals surface area contributed by atoms with Gasteiger partial charge < -0.3 is 48.8 Å². The number of benzene rings is 2. The van der Waals surface area contributed by atoms with Crippen LogP contribution in [0.1, 0.15) is 117 Å². The van der Waals surface area contributed by atoms with Gasteiger partial charge in [0, 0.05) is 46.9 Å². The molecule has 4 rings (SSSR count). The third-order valence-corrected chi connectivity index (χ3v) is 11.6. The second kappa shape index (κ2) is 29.9. The van der Waals surface area contributed by atoms with Crippen LogP contribution >= 0.6 is 0 Å². The summed E-state index contributed by atoms with van der Waals surface area (Å²) in [4.78, 5) is 30.5. The Morgan fingerprint density at radius 1 is 0.584 bits per heavy atom. The molecule has 2 aromatic heterocycles. The van der Waals surface area contributed by atoms with E-state index in [1.54, 1.807) is 36.7 Å². The van der Waals surface area contributed by atoms with E-state index in [2.05, 4.69) is 51.3 Å². The molecule has 26 heteroatoms. The van der Waals surface area contributed by atoms with Gasteiger partial charge in [-0.3, -0.25) is 10.6 Å². The molecule has 6 N–H and O–H groups in total. The Kier molecular flexibility index (Phi) is 24.5. The second-order valence-corrected chi connectivity index (χ2v) is 21.6. The molecule has 0 aliphatic carbocycles. The average molecular weight is 1080 g/mol. The molecule has 0 aliphatic heterocycles. The molecule has 2 heterocycles. The molecule has 26 nitrogen and oxygen atoms in total. The van der Waals surface area contributed by atoms with Crippen molar-refractivity contribution in [1.82, 2.24) is 30.0 Å². The minimum Gasteiger partial charge on any atom is -0.443 e. The first-order valence-electron chi connectivity index (χ1n) is 25.4. The van der Waals surface area contributed by atoms with Gasteiger partial charge in [0.2, 0.25) is 0 Å². The van der Waals surface area contributed by atoms with E-state index in [0.717, 1.165) is 11.1 Å². The number of carbonyl (C=O) groups excluding carboxylic acids is 2. The van der Waals surface area contributed by atoms with E-state index in [9.17, 15) is 30.0 Å². The largest absolute Gasteiger partial charge is 0.443 e. The summed E-state index contributed by atoms with van der Waals surface area (Å²) in [6, 6.07) is 14.5. The van der Waals surface area contributed by atoms with Gasteiger partial charge in [0.1, 0.15) is 24.6 Å². The van der Waals surface area contributed by atoms with E-state index in [0.29, 0.717) is 48.4 Å². The van der Waals surface area contributed by atoms with Gasteiger partial charge in [0.05, 0.1) is 111 Å². The summed E-state index contributed by atoms with van der Waals surface area (Å²) in [7, 11) is 0. The van der Waals surface area contributed by atoms with Crippen LogP contribution in [0, 0.1) is 0 Å². The quantitative estimate of drug-likeness (QED) is 0.0149. The maximum Gasteiger partial charge on any atom is 0.412 e. The normalized spacial score (nSPS) is 14.5. The molecule has 0 radical (unpaired) electrons. The Labute approximate surface area is 449 Å². The number of nitrogens with one attached hydrogen (secondary N) is 2. The number of ether oxygens (including phenoxy) is 6. The molecule has 0 fully saturated rings. The average Bonchev–Trinajstić information content (AvgIpc) is 3.98. The number of aliphatic hydroxyl groups excluding tert-OH is 4. The van der Waals surface area contributed by atoms with Crippen molar-refractivity contribution in [2.45, 2.75) is 187 Å². The molecule has 6 unspecified atom stereocenters. The van der Waals surface area contributed by atoms with Gasteiger partial charge >= 0.3 is 12.2 Å². The first-order chi connectivity index (χ1) is 36.2. The van der Waals surface area contributed by atoms with Gasteiger partial charge in [-0.25, -0.2) is 19.0 Å². The van der Waals surface area contributed by atoms with Crippen molar-refractivity contribution in [2.75, 3.05) is 36.9 Å². The highest BCUT2D eigenvalue weighted by molar-refractivity contribution is 5.85. The maximum absolute atomic E-state index is 12.6. The first kappa shape index (κ1) is 63.1. The molecule has 0 aliphatic rings. The zero-order chi connectivity index (χ0) is 56.8. The number of aliphatic hydroxyl groups is 4. The molecule has 2 aromatic carbocycles. The number of hydrogen-bond acceptors (Lipinski definition) is 18. The summed E-state index contributed by atoms with van der Waals surface area (Å²) in [5.41, 5.74) is 18.1. The van der Waals surface area contributed by atoms with Gasteiger partial charge in [-0.1, -0.05) is 44.9 Å². The maximum atomic E-state index is 12.6. The summed E-state index contributed by atoms with van der Waals surface area (Å²) in [5, 5.41) is 70.0. The number of aromatic nitrogens is 6. The van der Waals surface area contributed by atoms with Crippen LogP contribution in [0.5, 0.6) is 0 Å². The predicted molar refractivity (Wildman–Crippen MR) is 283 cm³/mol. The standard InChI is InChI=1S/C51H78N14O12/c1-34(76-50(7,8)22-42(66)24-54-60-52)21-49(5,6)75-33-45(69)29-65-27-41(59-63-65)31-73-47(71)57-39-17-13-37(14-18-39)19-36-11-15-38(16-12-36)56-46(70)72-30-40-26-64(62-58-40)28-43(67)23-51(9,10)77-35(2)20-48(3,4)74-32-44(68)25-55-61-53/h11-18,26-27,34-35,42-45,66-69H,19-25,28-33H2,1-10H3,(H,56,70)(H,57,71). The lowest BCUT2D eigenvalue weighted by Gasteiger charge is -2.35. The first-order valence-corrected chi connectivity index (χ1v) is 25.4. The Morgan fingerprint density at radius 3 is 1.40 bits per heavy atom. The Bertz CT molecular complexity index is 2530. The van der Waals surface area contributed by atoms with Gasteiger partial charge in [-0.05, 0) is 122 Å². The molecular formula is C51H78N14O12. The lowest BCUT2D eigenvalue weighted by atomic mass is 9.97. The molecule has 424 valence electrons. The topological polar surface area (TPSA) is 353 Å². The summed E-state index contributed by atoms with van der Waals surface area (Å²) < 4.78 is 37.9. The smallest absolute Gasteiger partial charge is 0.412 e. The Hall–Kier alpha value is -6.44. The zero-order valence-electron chi connectivity index (χ0n) is 45.9. The Balaban J connectivity index is 1.10. The van der Waals surface area contributed by atoms with Gasteiger partial charge in [0.15, 0.2) is 0 Å². The molecule has 0 saturated heterocycles. The van der Waals surface area contributed by atoms with Crippen molar-refractivity contribution in [2.24, 2.45) is 10.2 Å². The zero-order valence-corrected chi connectivity index (χ0v) is 45.9. The third-order valence-electron chi connectivity index (χ3n) is 11.6. The van der Waals surface area contributed by atoms with Crippen LogP contribution in [0.4, 0.5) is 21.0 Å². The predicted octanol–water partition coefficient (Wildman–Crippen LogP) is 7.54. The number of azide groups is 2. The van der Waals surface area contributed by atoms with Crippen molar-refractivity contribution in [1.29, 1.82) is 0 Å². The number of nitrogens with zero attached hydrogens (tertiary/aromatic N) is 12. The molecule has 6 atom stereocenters. The molecule has 4 aromatic rings. The fraction of sp³-hybridized carbons (Fsp3) is 0.647. The molecule has 77 heavy (non-hydrogen) atoms.